The molecule has 0 saturated heterocycles. The van der Waals surface area contributed by atoms with Gasteiger partial charge in [0.15, 0.2) is 5.11 Å². The zero-order chi connectivity index (χ0) is 18.5. The molecule has 0 spiro atoms. The molecule has 0 unspecified atom stereocenters. The SMILES string of the molecule is CC(C)C(=O)N[C@H](NC(=S)Nc1cccc(C(=O)O)c1)C(Cl)(Cl)Cl. The van der Waals surface area contributed by atoms with Crippen molar-refractivity contribution in [1.29, 1.82) is 0 Å². The lowest BCUT2D eigenvalue weighted by Crippen LogP contribution is -2.56. The van der Waals surface area contributed by atoms with Crippen molar-refractivity contribution >= 4 is 69.7 Å². The lowest BCUT2D eigenvalue weighted by Gasteiger charge is -2.28. The molecule has 1 atom stereocenters. The molecule has 0 bridgehead atoms. The van der Waals surface area contributed by atoms with Gasteiger partial charge >= 0.3 is 5.97 Å². The number of amides is 1. The standard InChI is InChI=1S/C14H16Cl3N3O3S/c1-7(2)10(21)19-12(14(15,16)17)20-13(24)18-9-5-3-4-8(6-9)11(22)23/h3-7,12H,1-2H3,(H,19,21)(H,22,23)(H2,18,20,24)/t12-/m1/s1. The Morgan fingerprint density at radius 2 is 1.83 bits per heavy atom. The number of halogens is 3. The second-order valence-corrected chi connectivity index (χ2v) is 7.90. The summed E-state index contributed by atoms with van der Waals surface area (Å²) >= 11 is 22.7. The van der Waals surface area contributed by atoms with Gasteiger partial charge in [0, 0.05) is 11.6 Å². The van der Waals surface area contributed by atoms with Crippen molar-refractivity contribution in [2.45, 2.75) is 23.8 Å². The number of rotatable bonds is 5. The van der Waals surface area contributed by atoms with E-state index in [1.807, 2.05) is 0 Å². The van der Waals surface area contributed by atoms with Crippen LogP contribution >= 0.6 is 47.0 Å². The number of thiocarbonyl (C=S) groups is 1. The van der Waals surface area contributed by atoms with Gasteiger partial charge in [0.1, 0.15) is 6.17 Å². The molecule has 10 heteroatoms. The van der Waals surface area contributed by atoms with Crippen LogP contribution in [0.2, 0.25) is 0 Å². The van der Waals surface area contributed by atoms with E-state index in [0.29, 0.717) is 5.69 Å². The largest absolute Gasteiger partial charge is 0.478 e. The van der Waals surface area contributed by atoms with E-state index in [0.717, 1.165) is 0 Å². The van der Waals surface area contributed by atoms with E-state index in [2.05, 4.69) is 16.0 Å². The Balaban J connectivity index is 2.80. The first-order valence-corrected chi connectivity index (χ1v) is 8.33. The van der Waals surface area contributed by atoms with E-state index in [1.54, 1.807) is 26.0 Å². The number of benzene rings is 1. The minimum Gasteiger partial charge on any atom is -0.478 e. The Kier molecular flexibility index (Phi) is 7.54. The summed E-state index contributed by atoms with van der Waals surface area (Å²) in [5.74, 6) is -1.70. The van der Waals surface area contributed by atoms with E-state index in [9.17, 15) is 9.59 Å². The number of nitrogens with one attached hydrogen (secondary N) is 3. The molecule has 6 nitrogen and oxygen atoms in total. The maximum atomic E-state index is 11.8. The lowest BCUT2D eigenvalue weighted by atomic mass is 10.2. The second kappa shape index (κ2) is 8.71. The van der Waals surface area contributed by atoms with Crippen molar-refractivity contribution in [3.63, 3.8) is 0 Å². The van der Waals surface area contributed by atoms with Crippen LogP contribution in [0.5, 0.6) is 0 Å². The molecule has 0 heterocycles. The number of hydrogen-bond acceptors (Lipinski definition) is 3. The van der Waals surface area contributed by atoms with Crippen molar-refractivity contribution in [3.05, 3.63) is 29.8 Å². The summed E-state index contributed by atoms with van der Waals surface area (Å²) in [7, 11) is 0. The molecule has 1 rings (SSSR count). The summed E-state index contributed by atoms with van der Waals surface area (Å²) in [6, 6.07) is 6.02. The van der Waals surface area contributed by atoms with E-state index < -0.39 is 15.9 Å². The molecule has 24 heavy (non-hydrogen) atoms. The smallest absolute Gasteiger partial charge is 0.335 e. The minimum atomic E-state index is -1.85. The maximum Gasteiger partial charge on any atom is 0.335 e. The van der Waals surface area contributed by atoms with Crippen molar-refractivity contribution in [1.82, 2.24) is 10.6 Å². The third kappa shape index (κ3) is 6.68. The normalized spacial score (nSPS) is 12.4. The van der Waals surface area contributed by atoms with Crippen LogP contribution in [0, 0.1) is 5.92 Å². The number of carboxylic acid groups (broad SMARTS) is 1. The number of alkyl halides is 3. The molecule has 0 aliphatic rings. The second-order valence-electron chi connectivity index (χ2n) is 5.12. The number of anilines is 1. The average molecular weight is 413 g/mol. The fourth-order valence-electron chi connectivity index (χ4n) is 1.54. The highest BCUT2D eigenvalue weighted by molar-refractivity contribution is 7.80. The molecular weight excluding hydrogens is 397 g/mol. The molecule has 0 aliphatic carbocycles. The van der Waals surface area contributed by atoms with E-state index in [-0.39, 0.29) is 22.5 Å². The van der Waals surface area contributed by atoms with Gasteiger partial charge in [-0.15, -0.1) is 0 Å². The molecule has 4 N–H and O–H groups in total. The van der Waals surface area contributed by atoms with Crippen molar-refractivity contribution in [2.24, 2.45) is 5.92 Å². The topological polar surface area (TPSA) is 90.5 Å². The summed E-state index contributed by atoms with van der Waals surface area (Å²) in [5.41, 5.74) is 0.527. The molecule has 0 fully saturated rings. The zero-order valence-electron chi connectivity index (χ0n) is 12.8. The predicted octanol–water partition coefficient (Wildman–Crippen LogP) is 3.14. The molecular formula is C14H16Cl3N3O3S. The fourth-order valence-corrected chi connectivity index (χ4v) is 2.10. The van der Waals surface area contributed by atoms with Gasteiger partial charge in [-0.05, 0) is 30.4 Å². The Morgan fingerprint density at radius 1 is 1.21 bits per heavy atom. The monoisotopic (exact) mass is 411 g/mol. The van der Waals surface area contributed by atoms with Crippen molar-refractivity contribution in [2.75, 3.05) is 5.32 Å². The Bertz CT molecular complexity index is 635. The van der Waals surface area contributed by atoms with Crippen LogP contribution < -0.4 is 16.0 Å². The number of aromatic carboxylic acids is 1. The zero-order valence-corrected chi connectivity index (χ0v) is 15.9. The van der Waals surface area contributed by atoms with Crippen molar-refractivity contribution in [3.8, 4) is 0 Å². The first kappa shape index (κ1) is 20.8. The molecule has 1 amide bonds. The number of carbonyl (C=O) groups excluding carboxylic acids is 1. The number of carboxylic acids is 1. The van der Waals surface area contributed by atoms with Crippen LogP contribution in [-0.4, -0.2) is 32.1 Å². The Labute approximate surface area is 159 Å². The summed E-state index contributed by atoms with van der Waals surface area (Å²) in [5, 5.41) is 17.0. The van der Waals surface area contributed by atoms with Gasteiger partial charge in [0.2, 0.25) is 9.70 Å². The summed E-state index contributed by atoms with van der Waals surface area (Å²) < 4.78 is -1.85. The maximum absolute atomic E-state index is 11.8. The Morgan fingerprint density at radius 3 is 2.33 bits per heavy atom. The van der Waals surface area contributed by atoms with Gasteiger partial charge < -0.3 is 21.1 Å². The highest BCUT2D eigenvalue weighted by Gasteiger charge is 2.35. The fraction of sp³-hybridized carbons (Fsp3) is 0.357. The van der Waals surface area contributed by atoms with Crippen molar-refractivity contribution < 1.29 is 14.7 Å². The first-order chi connectivity index (χ1) is 11.0. The quantitative estimate of drug-likeness (QED) is 0.337. The van der Waals surface area contributed by atoms with Gasteiger partial charge in [-0.2, -0.15) is 0 Å². The van der Waals surface area contributed by atoms with Crippen LogP contribution in [0.4, 0.5) is 5.69 Å². The highest BCUT2D eigenvalue weighted by Crippen LogP contribution is 2.29. The minimum absolute atomic E-state index is 0.0536. The highest BCUT2D eigenvalue weighted by atomic mass is 35.6. The Hall–Kier alpha value is -1.28. The first-order valence-electron chi connectivity index (χ1n) is 6.78. The average Bonchev–Trinajstić information content (AvgIpc) is 2.45. The van der Waals surface area contributed by atoms with Crippen LogP contribution in [0.3, 0.4) is 0 Å². The number of hydrogen-bond donors (Lipinski definition) is 4. The van der Waals surface area contributed by atoms with Crippen LogP contribution in [0.1, 0.15) is 24.2 Å². The molecule has 0 aromatic heterocycles. The third-order valence-electron chi connectivity index (χ3n) is 2.78. The van der Waals surface area contributed by atoms with Crippen LogP contribution in [0.25, 0.3) is 0 Å². The molecule has 0 aliphatic heterocycles. The van der Waals surface area contributed by atoms with E-state index in [4.69, 9.17) is 52.1 Å². The predicted molar refractivity (Wildman–Crippen MR) is 99.8 cm³/mol. The van der Waals surface area contributed by atoms with E-state index >= 15 is 0 Å². The molecule has 0 saturated carbocycles. The summed E-state index contributed by atoms with van der Waals surface area (Å²) in [4.78, 5) is 22.8. The third-order valence-corrected chi connectivity index (χ3v) is 3.66. The van der Waals surface area contributed by atoms with Gasteiger partial charge in [-0.1, -0.05) is 54.7 Å². The number of carbonyl (C=O) groups is 2. The van der Waals surface area contributed by atoms with Crippen LogP contribution in [-0.2, 0) is 4.79 Å². The summed E-state index contributed by atoms with van der Waals surface area (Å²) in [6.45, 7) is 3.39. The molecule has 1 aromatic rings. The molecule has 0 radical (unpaired) electrons. The van der Waals surface area contributed by atoms with Gasteiger partial charge in [0.05, 0.1) is 5.56 Å². The van der Waals surface area contributed by atoms with Gasteiger partial charge in [-0.25, -0.2) is 4.79 Å². The van der Waals surface area contributed by atoms with Gasteiger partial charge in [-0.3, -0.25) is 4.79 Å². The van der Waals surface area contributed by atoms with Crippen LogP contribution in [0.15, 0.2) is 24.3 Å². The van der Waals surface area contributed by atoms with E-state index in [1.165, 1.54) is 12.1 Å². The van der Waals surface area contributed by atoms with Gasteiger partial charge in [0.25, 0.3) is 0 Å². The molecule has 1 aromatic carbocycles. The molecule has 132 valence electrons. The lowest BCUT2D eigenvalue weighted by molar-refractivity contribution is -0.124. The summed E-state index contributed by atoms with van der Waals surface area (Å²) in [6.07, 6.45) is -1.07.